The molecule has 0 saturated carbocycles. The molecule has 0 spiro atoms. The molecule has 0 saturated heterocycles. The first-order valence-electron chi connectivity index (χ1n) is 5.19. The smallest absolute Gasteiger partial charge is 0.241 e. The lowest BCUT2D eigenvalue weighted by Crippen LogP contribution is -2.04. The van der Waals surface area contributed by atoms with Gasteiger partial charge in [0.2, 0.25) is 5.91 Å². The molecule has 3 nitrogen and oxygen atoms in total. The van der Waals surface area contributed by atoms with Gasteiger partial charge in [-0.05, 0) is 46.3 Å². The van der Waals surface area contributed by atoms with E-state index < -0.39 is 11.7 Å². The van der Waals surface area contributed by atoms with E-state index in [0.29, 0.717) is 26.0 Å². The van der Waals surface area contributed by atoms with Crippen molar-refractivity contribution in [1.82, 2.24) is 0 Å². The van der Waals surface area contributed by atoms with E-state index in [1.54, 1.807) is 18.2 Å². The minimum atomic E-state index is -0.580. The van der Waals surface area contributed by atoms with E-state index in [0.717, 1.165) is 0 Å². The van der Waals surface area contributed by atoms with Crippen LogP contribution in [0.4, 0.5) is 4.39 Å². The fourth-order valence-corrected chi connectivity index (χ4v) is 2.34. The van der Waals surface area contributed by atoms with Gasteiger partial charge in [-0.2, -0.15) is 0 Å². The Hall–Kier alpha value is -1.40. The number of halogens is 3. The van der Waals surface area contributed by atoms with Crippen molar-refractivity contribution in [3.05, 3.63) is 50.9 Å². The average Bonchev–Trinajstić information content (AvgIpc) is 2.68. The Kier molecular flexibility index (Phi) is 4.21. The summed E-state index contributed by atoms with van der Waals surface area (Å²) in [6.45, 7) is 0. The summed E-state index contributed by atoms with van der Waals surface area (Å²) in [4.78, 5) is 10.6. The second-order valence-electron chi connectivity index (χ2n) is 3.69. The van der Waals surface area contributed by atoms with Gasteiger partial charge in [-0.1, -0.05) is 15.9 Å². The molecule has 19 heavy (non-hydrogen) atoms. The van der Waals surface area contributed by atoms with Crippen LogP contribution in [0.15, 0.2) is 43.7 Å². The molecular weight excluding hydrogens is 381 g/mol. The van der Waals surface area contributed by atoms with Crippen LogP contribution in [0, 0.1) is 5.82 Å². The fraction of sp³-hybridized carbons (Fsp3) is 0. The van der Waals surface area contributed by atoms with E-state index >= 15 is 0 Å². The summed E-state index contributed by atoms with van der Waals surface area (Å²) in [6.07, 6.45) is 2.60. The number of furan rings is 1. The Morgan fingerprint density at radius 1 is 1.32 bits per heavy atom. The van der Waals surface area contributed by atoms with Crippen molar-refractivity contribution >= 4 is 43.8 Å². The first-order chi connectivity index (χ1) is 8.97. The van der Waals surface area contributed by atoms with Crippen LogP contribution in [-0.2, 0) is 4.79 Å². The largest absolute Gasteiger partial charge is 0.455 e. The van der Waals surface area contributed by atoms with Gasteiger partial charge in [-0.25, -0.2) is 4.39 Å². The molecular formula is C13H8Br2FNO2. The second kappa shape index (κ2) is 5.71. The van der Waals surface area contributed by atoms with Gasteiger partial charge >= 0.3 is 0 Å². The van der Waals surface area contributed by atoms with Crippen LogP contribution in [0.5, 0.6) is 0 Å². The van der Waals surface area contributed by atoms with Crippen molar-refractivity contribution in [2.24, 2.45) is 5.73 Å². The predicted octanol–water partition coefficient (Wildman–Crippen LogP) is 4.11. The van der Waals surface area contributed by atoms with Gasteiger partial charge < -0.3 is 10.2 Å². The fourth-order valence-electron chi connectivity index (χ4n) is 1.49. The molecule has 0 aliphatic heterocycles. The summed E-state index contributed by atoms with van der Waals surface area (Å²) >= 11 is 6.48. The Morgan fingerprint density at radius 2 is 2.05 bits per heavy atom. The first-order valence-corrected chi connectivity index (χ1v) is 6.78. The molecule has 1 heterocycles. The number of carbonyl (C=O) groups is 1. The minimum absolute atomic E-state index is 0.328. The molecule has 2 N–H and O–H groups in total. The zero-order chi connectivity index (χ0) is 14.0. The lowest BCUT2D eigenvalue weighted by molar-refractivity contribution is -0.113. The van der Waals surface area contributed by atoms with Crippen LogP contribution in [-0.4, -0.2) is 5.91 Å². The number of nitrogens with two attached hydrogens (primary N) is 1. The quantitative estimate of drug-likeness (QED) is 0.804. The molecule has 0 atom stereocenters. The number of benzene rings is 1. The van der Waals surface area contributed by atoms with Crippen LogP contribution in [0.3, 0.4) is 0 Å². The Balaban J connectivity index is 2.43. The number of carbonyl (C=O) groups excluding carboxylic acids is 1. The highest BCUT2D eigenvalue weighted by atomic mass is 79.9. The maximum Gasteiger partial charge on any atom is 0.241 e. The molecule has 1 amide bonds. The van der Waals surface area contributed by atoms with Gasteiger partial charge in [0, 0.05) is 10.5 Å². The van der Waals surface area contributed by atoms with Crippen molar-refractivity contribution in [3.63, 3.8) is 0 Å². The first kappa shape index (κ1) is 14.0. The van der Waals surface area contributed by atoms with Crippen molar-refractivity contribution in [1.29, 1.82) is 0 Å². The molecule has 0 radical (unpaired) electrons. The highest BCUT2D eigenvalue weighted by molar-refractivity contribution is 9.10. The van der Waals surface area contributed by atoms with E-state index in [2.05, 4.69) is 31.9 Å². The number of amides is 1. The van der Waals surface area contributed by atoms with Crippen molar-refractivity contribution < 1.29 is 13.6 Å². The number of primary amides is 1. The third kappa shape index (κ3) is 3.33. The summed E-state index contributed by atoms with van der Waals surface area (Å²) in [7, 11) is 0. The van der Waals surface area contributed by atoms with E-state index in [1.165, 1.54) is 18.2 Å². The van der Waals surface area contributed by atoms with Crippen molar-refractivity contribution in [2.45, 2.75) is 0 Å². The summed E-state index contributed by atoms with van der Waals surface area (Å²) in [5.41, 5.74) is 5.32. The predicted molar refractivity (Wildman–Crippen MR) is 77.7 cm³/mol. The maximum atomic E-state index is 13.8. The standard InChI is InChI=1S/C13H8Br2FNO2/c14-7-1-3-9(11(16)5-7)13-10(15)6-8(19-13)2-4-12(17)18/h1-6H,(H2,17,18)/b4-2-. The summed E-state index contributed by atoms with van der Waals surface area (Å²) in [5.74, 6) is -0.226. The third-order valence-corrected chi connectivity index (χ3v) is 3.38. The summed E-state index contributed by atoms with van der Waals surface area (Å²) < 4.78 is 20.6. The van der Waals surface area contributed by atoms with Gasteiger partial charge in [0.25, 0.3) is 0 Å². The highest BCUT2D eigenvalue weighted by Crippen LogP contribution is 2.34. The van der Waals surface area contributed by atoms with Crippen LogP contribution in [0.1, 0.15) is 5.76 Å². The Bertz CT molecular complexity index is 665. The topological polar surface area (TPSA) is 56.2 Å². The molecule has 1 aromatic carbocycles. The molecule has 0 aliphatic carbocycles. The zero-order valence-corrected chi connectivity index (χ0v) is 12.7. The molecule has 2 rings (SSSR count). The highest BCUT2D eigenvalue weighted by Gasteiger charge is 2.14. The molecule has 0 bridgehead atoms. The van der Waals surface area contributed by atoms with Crippen LogP contribution < -0.4 is 5.73 Å². The van der Waals surface area contributed by atoms with Crippen LogP contribution in [0.25, 0.3) is 17.4 Å². The number of hydrogen-bond acceptors (Lipinski definition) is 2. The van der Waals surface area contributed by atoms with Gasteiger partial charge in [-0.15, -0.1) is 0 Å². The molecule has 1 aromatic heterocycles. The summed E-state index contributed by atoms with van der Waals surface area (Å²) in [6, 6.07) is 6.30. The monoisotopic (exact) mass is 387 g/mol. The lowest BCUT2D eigenvalue weighted by atomic mass is 10.1. The average molecular weight is 389 g/mol. The van der Waals surface area contributed by atoms with Gasteiger partial charge in [0.1, 0.15) is 11.6 Å². The molecule has 0 aliphatic rings. The summed E-state index contributed by atoms with van der Waals surface area (Å²) in [5, 5.41) is 0. The second-order valence-corrected chi connectivity index (χ2v) is 5.46. The molecule has 6 heteroatoms. The zero-order valence-electron chi connectivity index (χ0n) is 9.49. The van der Waals surface area contributed by atoms with Gasteiger partial charge in [0.05, 0.1) is 10.0 Å². The maximum absolute atomic E-state index is 13.8. The van der Waals surface area contributed by atoms with E-state index in [9.17, 15) is 9.18 Å². The van der Waals surface area contributed by atoms with Crippen molar-refractivity contribution in [2.75, 3.05) is 0 Å². The van der Waals surface area contributed by atoms with E-state index in [-0.39, 0.29) is 0 Å². The molecule has 98 valence electrons. The van der Waals surface area contributed by atoms with E-state index in [4.69, 9.17) is 10.2 Å². The minimum Gasteiger partial charge on any atom is -0.455 e. The molecule has 0 fully saturated rings. The number of rotatable bonds is 3. The van der Waals surface area contributed by atoms with Crippen molar-refractivity contribution in [3.8, 4) is 11.3 Å². The molecule has 2 aromatic rings. The van der Waals surface area contributed by atoms with Gasteiger partial charge in [-0.3, -0.25) is 4.79 Å². The van der Waals surface area contributed by atoms with Gasteiger partial charge in [0.15, 0.2) is 5.76 Å². The van der Waals surface area contributed by atoms with Crippen LogP contribution >= 0.6 is 31.9 Å². The Morgan fingerprint density at radius 3 is 2.68 bits per heavy atom. The third-order valence-electron chi connectivity index (χ3n) is 2.29. The normalized spacial score (nSPS) is 11.1. The SMILES string of the molecule is NC(=O)/C=C\c1cc(Br)c(-c2ccc(Br)cc2F)o1. The van der Waals surface area contributed by atoms with E-state index in [1.807, 2.05) is 0 Å². The number of hydrogen-bond donors (Lipinski definition) is 1. The Labute approximate surface area is 125 Å². The van der Waals surface area contributed by atoms with Crippen LogP contribution in [0.2, 0.25) is 0 Å². The lowest BCUT2D eigenvalue weighted by Gasteiger charge is -2.01. The molecule has 0 unspecified atom stereocenters.